The molecule has 0 aliphatic carbocycles. The number of halogens is 1. The lowest BCUT2D eigenvalue weighted by molar-refractivity contribution is 0.00578. The Labute approximate surface area is 114 Å². The molecule has 1 aromatic rings. The first-order chi connectivity index (χ1) is 8.14. The molecule has 2 N–H and O–H groups in total. The van der Waals surface area contributed by atoms with Crippen LogP contribution in [0, 0.1) is 6.92 Å². The number of anilines is 1. The maximum Gasteiger partial charge on any atom is 0.496 e. The third-order valence-corrected chi connectivity index (χ3v) is 4.22. The highest BCUT2D eigenvalue weighted by Crippen LogP contribution is 2.37. The van der Waals surface area contributed by atoms with Crippen LogP contribution in [0.5, 0.6) is 0 Å². The molecular formula is C13H19BClNO2. The van der Waals surface area contributed by atoms with E-state index in [9.17, 15) is 0 Å². The van der Waals surface area contributed by atoms with Crippen molar-refractivity contribution in [2.24, 2.45) is 0 Å². The van der Waals surface area contributed by atoms with Gasteiger partial charge in [-0.15, -0.1) is 0 Å². The molecule has 5 heteroatoms. The molecule has 0 amide bonds. The van der Waals surface area contributed by atoms with Crippen molar-refractivity contribution in [2.75, 3.05) is 5.73 Å². The SMILES string of the molecule is Cc1cc(N)c(Cl)c(B2OC(C)(C)C(C)(C)O2)c1. The zero-order valence-corrected chi connectivity index (χ0v) is 12.3. The van der Waals surface area contributed by atoms with Crippen LogP contribution >= 0.6 is 11.6 Å². The predicted molar refractivity (Wildman–Crippen MR) is 76.3 cm³/mol. The molecule has 0 aromatic heterocycles. The normalized spacial score (nSPS) is 21.3. The first kappa shape index (κ1) is 13.7. The zero-order chi connectivity index (χ0) is 13.7. The lowest BCUT2D eigenvalue weighted by Gasteiger charge is -2.32. The molecular weight excluding hydrogens is 248 g/mol. The molecule has 0 unspecified atom stereocenters. The number of hydrogen-bond donors (Lipinski definition) is 1. The Kier molecular flexibility index (Phi) is 3.17. The maximum atomic E-state index is 6.25. The molecule has 0 atom stereocenters. The van der Waals surface area contributed by atoms with Crippen LogP contribution in [0.3, 0.4) is 0 Å². The monoisotopic (exact) mass is 267 g/mol. The van der Waals surface area contributed by atoms with Crippen molar-refractivity contribution in [1.82, 2.24) is 0 Å². The fraction of sp³-hybridized carbons (Fsp3) is 0.538. The van der Waals surface area contributed by atoms with Gasteiger partial charge in [0.25, 0.3) is 0 Å². The highest BCUT2D eigenvalue weighted by molar-refractivity contribution is 6.66. The van der Waals surface area contributed by atoms with E-state index in [4.69, 9.17) is 26.6 Å². The number of hydrogen-bond acceptors (Lipinski definition) is 3. The Hall–Kier alpha value is -0.705. The summed E-state index contributed by atoms with van der Waals surface area (Å²) < 4.78 is 12.0. The molecule has 1 heterocycles. The second-order valence-corrected chi connectivity index (χ2v) is 6.22. The standard InChI is InChI=1S/C13H19BClNO2/c1-8-6-9(11(15)10(16)7-8)14-17-12(2,3)13(4,5)18-14/h6-7H,16H2,1-5H3. The summed E-state index contributed by atoms with van der Waals surface area (Å²) in [6.07, 6.45) is 0. The quantitative estimate of drug-likeness (QED) is 0.628. The molecule has 0 spiro atoms. The van der Waals surface area contributed by atoms with Crippen LogP contribution < -0.4 is 11.2 Å². The second kappa shape index (κ2) is 4.15. The average Bonchev–Trinajstić information content (AvgIpc) is 2.42. The van der Waals surface area contributed by atoms with Gasteiger partial charge in [0.2, 0.25) is 0 Å². The molecule has 1 aromatic carbocycles. The molecule has 0 radical (unpaired) electrons. The summed E-state index contributed by atoms with van der Waals surface area (Å²) in [5, 5.41) is 0.513. The zero-order valence-electron chi connectivity index (χ0n) is 11.5. The van der Waals surface area contributed by atoms with Gasteiger partial charge in [0.05, 0.1) is 21.9 Å². The Morgan fingerprint density at radius 3 is 2.11 bits per heavy atom. The third-order valence-electron chi connectivity index (χ3n) is 3.78. The number of aryl methyl sites for hydroxylation is 1. The largest absolute Gasteiger partial charge is 0.496 e. The van der Waals surface area contributed by atoms with Gasteiger partial charge < -0.3 is 15.0 Å². The fourth-order valence-corrected chi connectivity index (χ4v) is 2.17. The average molecular weight is 268 g/mol. The smallest absolute Gasteiger partial charge is 0.399 e. The topological polar surface area (TPSA) is 44.5 Å². The molecule has 0 bridgehead atoms. The molecule has 3 nitrogen and oxygen atoms in total. The van der Waals surface area contributed by atoms with Crippen LogP contribution in [0.1, 0.15) is 33.3 Å². The van der Waals surface area contributed by atoms with E-state index < -0.39 is 7.12 Å². The summed E-state index contributed by atoms with van der Waals surface area (Å²) in [5.74, 6) is 0. The van der Waals surface area contributed by atoms with Gasteiger partial charge >= 0.3 is 7.12 Å². The number of rotatable bonds is 1. The van der Waals surface area contributed by atoms with Crippen LogP contribution in [0.4, 0.5) is 5.69 Å². The molecule has 1 saturated heterocycles. The first-order valence-corrected chi connectivity index (χ1v) is 6.43. The lowest BCUT2D eigenvalue weighted by Crippen LogP contribution is -2.41. The summed E-state index contributed by atoms with van der Waals surface area (Å²) in [6, 6.07) is 3.80. The minimum atomic E-state index is -0.468. The molecule has 1 aliphatic rings. The summed E-state index contributed by atoms with van der Waals surface area (Å²) in [6.45, 7) is 10.0. The van der Waals surface area contributed by atoms with E-state index in [0.29, 0.717) is 10.7 Å². The lowest BCUT2D eigenvalue weighted by atomic mass is 9.78. The van der Waals surface area contributed by atoms with Crippen LogP contribution in [0.15, 0.2) is 12.1 Å². The Morgan fingerprint density at radius 1 is 1.11 bits per heavy atom. The van der Waals surface area contributed by atoms with Gasteiger partial charge in [-0.3, -0.25) is 0 Å². The van der Waals surface area contributed by atoms with E-state index in [1.807, 2.05) is 46.8 Å². The summed E-state index contributed by atoms with van der Waals surface area (Å²) in [5.41, 5.74) is 7.53. The molecule has 0 saturated carbocycles. The third kappa shape index (κ3) is 2.13. The van der Waals surface area contributed by atoms with Gasteiger partial charge in [-0.1, -0.05) is 17.7 Å². The van der Waals surface area contributed by atoms with Crippen molar-refractivity contribution in [2.45, 2.75) is 45.8 Å². The number of nitrogens with two attached hydrogens (primary N) is 1. The molecule has 1 fully saturated rings. The van der Waals surface area contributed by atoms with E-state index in [2.05, 4.69) is 0 Å². The molecule has 18 heavy (non-hydrogen) atoms. The van der Waals surface area contributed by atoms with Crippen LogP contribution in [0.25, 0.3) is 0 Å². The Morgan fingerprint density at radius 2 is 1.61 bits per heavy atom. The number of benzene rings is 1. The van der Waals surface area contributed by atoms with Gasteiger partial charge in [-0.25, -0.2) is 0 Å². The van der Waals surface area contributed by atoms with Gasteiger partial charge in [-0.05, 0) is 46.2 Å². The fourth-order valence-electron chi connectivity index (χ4n) is 1.97. The highest BCUT2D eigenvalue weighted by atomic mass is 35.5. The van der Waals surface area contributed by atoms with Crippen LogP contribution in [0.2, 0.25) is 5.02 Å². The van der Waals surface area contributed by atoms with Gasteiger partial charge in [0.1, 0.15) is 0 Å². The Balaban J connectivity index is 2.41. The van der Waals surface area contributed by atoms with Crippen molar-refractivity contribution in [3.8, 4) is 0 Å². The Bertz CT molecular complexity index is 472. The van der Waals surface area contributed by atoms with Crippen molar-refractivity contribution in [3.63, 3.8) is 0 Å². The van der Waals surface area contributed by atoms with Gasteiger partial charge in [-0.2, -0.15) is 0 Å². The van der Waals surface area contributed by atoms with E-state index >= 15 is 0 Å². The number of nitrogen functional groups attached to an aromatic ring is 1. The van der Waals surface area contributed by atoms with E-state index in [1.54, 1.807) is 0 Å². The van der Waals surface area contributed by atoms with E-state index in [1.165, 1.54) is 0 Å². The van der Waals surface area contributed by atoms with Crippen molar-refractivity contribution >= 4 is 29.9 Å². The molecule has 2 rings (SSSR count). The van der Waals surface area contributed by atoms with Crippen LogP contribution in [-0.4, -0.2) is 18.3 Å². The second-order valence-electron chi connectivity index (χ2n) is 5.85. The van der Waals surface area contributed by atoms with Gasteiger partial charge in [0.15, 0.2) is 0 Å². The van der Waals surface area contributed by atoms with Crippen molar-refractivity contribution < 1.29 is 9.31 Å². The minimum absolute atomic E-state index is 0.375. The van der Waals surface area contributed by atoms with Gasteiger partial charge in [0, 0.05) is 5.46 Å². The van der Waals surface area contributed by atoms with E-state index in [-0.39, 0.29) is 11.2 Å². The molecule has 1 aliphatic heterocycles. The molecule has 98 valence electrons. The summed E-state index contributed by atoms with van der Waals surface area (Å²) >= 11 is 6.25. The van der Waals surface area contributed by atoms with Crippen molar-refractivity contribution in [1.29, 1.82) is 0 Å². The van der Waals surface area contributed by atoms with E-state index in [0.717, 1.165) is 11.0 Å². The highest BCUT2D eigenvalue weighted by Gasteiger charge is 2.52. The predicted octanol–water partition coefficient (Wildman–Crippen LogP) is 2.53. The summed E-state index contributed by atoms with van der Waals surface area (Å²) in [4.78, 5) is 0. The minimum Gasteiger partial charge on any atom is -0.399 e. The first-order valence-electron chi connectivity index (χ1n) is 6.05. The van der Waals surface area contributed by atoms with Crippen LogP contribution in [-0.2, 0) is 9.31 Å². The van der Waals surface area contributed by atoms with Crippen molar-refractivity contribution in [3.05, 3.63) is 22.7 Å². The maximum absolute atomic E-state index is 6.25. The summed E-state index contributed by atoms with van der Waals surface area (Å²) in [7, 11) is -0.468.